The summed E-state index contributed by atoms with van der Waals surface area (Å²) in [6.45, 7) is 4.52. The second-order valence-corrected chi connectivity index (χ2v) is 7.15. The molecule has 1 unspecified atom stereocenters. The number of nitrogens with zero attached hydrogens (tertiary/aromatic N) is 5. The van der Waals surface area contributed by atoms with Crippen LogP contribution in [0.15, 0.2) is 30.7 Å². The summed E-state index contributed by atoms with van der Waals surface area (Å²) in [7, 11) is 0. The van der Waals surface area contributed by atoms with Crippen LogP contribution in [0.4, 0.5) is 16.3 Å². The van der Waals surface area contributed by atoms with E-state index >= 15 is 0 Å². The average molecular weight is 413 g/mol. The number of piperazine rings is 1. The van der Waals surface area contributed by atoms with Crippen molar-refractivity contribution in [2.75, 3.05) is 49.1 Å². The third kappa shape index (κ3) is 4.19. The van der Waals surface area contributed by atoms with Gasteiger partial charge in [-0.3, -0.25) is 14.5 Å². The van der Waals surface area contributed by atoms with E-state index in [9.17, 15) is 14.4 Å². The number of H-pyrrole nitrogens is 1. The molecule has 0 saturated carbocycles. The predicted molar refractivity (Wildman–Crippen MR) is 107 cm³/mol. The van der Waals surface area contributed by atoms with Gasteiger partial charge in [-0.2, -0.15) is 0 Å². The Morgan fingerprint density at radius 2 is 2.03 bits per heavy atom. The largest absolute Gasteiger partial charge is 0.442 e. The van der Waals surface area contributed by atoms with Crippen molar-refractivity contribution < 1.29 is 19.1 Å². The zero-order valence-electron chi connectivity index (χ0n) is 16.6. The van der Waals surface area contributed by atoms with Crippen molar-refractivity contribution in [3.05, 3.63) is 36.5 Å². The number of carbonyl (C=O) groups excluding carboxylic acids is 3. The van der Waals surface area contributed by atoms with Crippen LogP contribution in [0.5, 0.6) is 0 Å². The number of ether oxygens (including phenoxy) is 1. The number of carbonyl (C=O) groups is 3. The molecular formula is C19H23N7O4. The molecule has 0 bridgehead atoms. The van der Waals surface area contributed by atoms with E-state index < -0.39 is 6.09 Å². The minimum atomic E-state index is -0.454. The Morgan fingerprint density at radius 3 is 2.67 bits per heavy atom. The first-order valence-corrected chi connectivity index (χ1v) is 9.73. The number of hydrogen-bond acceptors (Lipinski definition) is 7. The summed E-state index contributed by atoms with van der Waals surface area (Å²) < 4.78 is 5.28. The summed E-state index contributed by atoms with van der Waals surface area (Å²) in [5.74, 6) is 0.859. The van der Waals surface area contributed by atoms with Crippen LogP contribution in [0.1, 0.15) is 17.5 Å². The van der Waals surface area contributed by atoms with Gasteiger partial charge in [-0.15, -0.1) is 0 Å². The third-order valence-electron chi connectivity index (χ3n) is 5.09. The van der Waals surface area contributed by atoms with Crippen molar-refractivity contribution in [1.82, 2.24) is 25.2 Å². The van der Waals surface area contributed by atoms with E-state index in [4.69, 9.17) is 4.74 Å². The van der Waals surface area contributed by atoms with E-state index in [0.29, 0.717) is 44.2 Å². The van der Waals surface area contributed by atoms with Crippen LogP contribution in [0.25, 0.3) is 0 Å². The van der Waals surface area contributed by atoms with Gasteiger partial charge in [0.05, 0.1) is 25.0 Å². The second kappa shape index (κ2) is 8.39. The maximum Gasteiger partial charge on any atom is 0.414 e. The molecule has 30 heavy (non-hydrogen) atoms. The van der Waals surface area contributed by atoms with Crippen LogP contribution < -0.4 is 15.1 Å². The van der Waals surface area contributed by atoms with Crippen LogP contribution >= 0.6 is 0 Å². The molecule has 2 aromatic rings. The zero-order chi connectivity index (χ0) is 21.1. The van der Waals surface area contributed by atoms with E-state index in [0.717, 1.165) is 5.82 Å². The number of pyridine rings is 1. The Kier molecular flexibility index (Phi) is 5.50. The van der Waals surface area contributed by atoms with Crippen LogP contribution in [0.3, 0.4) is 0 Å². The molecule has 11 nitrogen and oxygen atoms in total. The summed E-state index contributed by atoms with van der Waals surface area (Å²) in [6, 6.07) is 3.68. The molecule has 2 fully saturated rings. The Bertz CT molecular complexity index is 907. The highest BCUT2D eigenvalue weighted by Gasteiger charge is 2.32. The maximum absolute atomic E-state index is 12.4. The smallest absolute Gasteiger partial charge is 0.414 e. The monoisotopic (exact) mass is 413 g/mol. The molecule has 0 aliphatic carbocycles. The fourth-order valence-electron chi connectivity index (χ4n) is 3.49. The summed E-state index contributed by atoms with van der Waals surface area (Å²) in [6.07, 6.45) is 3.99. The van der Waals surface area contributed by atoms with Crippen molar-refractivity contribution in [2.45, 2.75) is 13.0 Å². The number of nitrogens with one attached hydrogen (secondary N) is 2. The van der Waals surface area contributed by atoms with Crippen molar-refractivity contribution in [2.24, 2.45) is 0 Å². The van der Waals surface area contributed by atoms with Gasteiger partial charge in [-0.1, -0.05) is 0 Å². The molecule has 0 spiro atoms. The number of imidazole rings is 1. The summed E-state index contributed by atoms with van der Waals surface area (Å²) in [5.41, 5.74) is 0.640. The van der Waals surface area contributed by atoms with Gasteiger partial charge in [0.25, 0.3) is 5.91 Å². The molecule has 2 aliphatic rings. The first kappa shape index (κ1) is 19.7. The lowest BCUT2D eigenvalue weighted by atomic mass is 10.2. The zero-order valence-corrected chi connectivity index (χ0v) is 16.6. The fourth-order valence-corrected chi connectivity index (χ4v) is 3.49. The molecule has 158 valence electrons. The SMILES string of the molecule is CC(=O)NCC1CN(c2ccc(N3CCN(C(=O)c4ncc[nH]4)CC3)nc2)C(=O)O1. The minimum Gasteiger partial charge on any atom is -0.442 e. The van der Waals surface area contributed by atoms with Gasteiger partial charge in [-0.25, -0.2) is 14.8 Å². The summed E-state index contributed by atoms with van der Waals surface area (Å²) in [5, 5.41) is 2.65. The van der Waals surface area contributed by atoms with Crippen molar-refractivity contribution in [1.29, 1.82) is 0 Å². The summed E-state index contributed by atoms with van der Waals surface area (Å²) >= 11 is 0. The highest BCUT2D eigenvalue weighted by molar-refractivity contribution is 5.91. The molecule has 4 heterocycles. The Morgan fingerprint density at radius 1 is 1.23 bits per heavy atom. The van der Waals surface area contributed by atoms with Gasteiger partial charge >= 0.3 is 6.09 Å². The molecule has 0 radical (unpaired) electrons. The number of rotatable bonds is 5. The minimum absolute atomic E-state index is 0.107. The van der Waals surface area contributed by atoms with Gasteiger partial charge < -0.3 is 24.8 Å². The Hall–Kier alpha value is -3.63. The Labute approximate surface area is 173 Å². The molecule has 3 amide bonds. The molecule has 2 aromatic heterocycles. The number of cyclic esters (lactones) is 1. The highest BCUT2D eigenvalue weighted by Crippen LogP contribution is 2.23. The maximum atomic E-state index is 12.4. The lowest BCUT2D eigenvalue weighted by Gasteiger charge is -2.35. The number of anilines is 2. The number of hydrogen-bond donors (Lipinski definition) is 2. The molecule has 2 saturated heterocycles. The van der Waals surface area contributed by atoms with Crippen LogP contribution in [0.2, 0.25) is 0 Å². The number of amides is 3. The van der Waals surface area contributed by atoms with E-state index in [1.165, 1.54) is 11.8 Å². The first-order chi connectivity index (χ1) is 14.5. The third-order valence-corrected chi connectivity index (χ3v) is 5.09. The van der Waals surface area contributed by atoms with Crippen molar-refractivity contribution in [3.63, 3.8) is 0 Å². The molecule has 2 N–H and O–H groups in total. The second-order valence-electron chi connectivity index (χ2n) is 7.15. The number of aromatic amines is 1. The normalized spacial score (nSPS) is 19.0. The van der Waals surface area contributed by atoms with Crippen LogP contribution in [0, 0.1) is 0 Å². The van der Waals surface area contributed by atoms with Crippen molar-refractivity contribution in [3.8, 4) is 0 Å². The van der Waals surface area contributed by atoms with E-state index in [2.05, 4.69) is 25.2 Å². The summed E-state index contributed by atoms with van der Waals surface area (Å²) in [4.78, 5) is 52.2. The lowest BCUT2D eigenvalue weighted by molar-refractivity contribution is -0.119. The standard InChI is InChI=1S/C19H23N7O4/c1-13(27)22-11-15-12-26(19(29)30-15)14-2-3-16(23-10-14)24-6-8-25(9-7-24)18(28)17-20-4-5-21-17/h2-5,10,15H,6-9,11-12H2,1H3,(H,20,21)(H,22,27). The average Bonchev–Trinajstić information content (AvgIpc) is 3.42. The predicted octanol–water partition coefficient (Wildman–Crippen LogP) is 0.228. The van der Waals surface area contributed by atoms with Gasteiger partial charge in [0.2, 0.25) is 5.91 Å². The van der Waals surface area contributed by atoms with Crippen LogP contribution in [-0.4, -0.2) is 83.1 Å². The topological polar surface area (TPSA) is 124 Å². The fraction of sp³-hybridized carbons (Fsp3) is 0.421. The van der Waals surface area contributed by atoms with E-state index in [1.54, 1.807) is 23.5 Å². The highest BCUT2D eigenvalue weighted by atomic mass is 16.6. The number of aromatic nitrogens is 3. The molecule has 0 aromatic carbocycles. The van der Waals surface area contributed by atoms with Crippen molar-refractivity contribution >= 4 is 29.4 Å². The van der Waals surface area contributed by atoms with Gasteiger partial charge in [-0.05, 0) is 12.1 Å². The Balaban J connectivity index is 1.33. The van der Waals surface area contributed by atoms with Gasteiger partial charge in [0.15, 0.2) is 5.82 Å². The first-order valence-electron chi connectivity index (χ1n) is 9.73. The van der Waals surface area contributed by atoms with Gasteiger partial charge in [0.1, 0.15) is 11.9 Å². The van der Waals surface area contributed by atoms with Gasteiger partial charge in [0, 0.05) is 45.5 Å². The molecule has 4 rings (SSSR count). The lowest BCUT2D eigenvalue weighted by Crippen LogP contribution is -2.49. The van der Waals surface area contributed by atoms with Crippen LogP contribution in [-0.2, 0) is 9.53 Å². The molecule has 2 aliphatic heterocycles. The van der Waals surface area contributed by atoms with E-state index in [1.807, 2.05) is 12.1 Å². The quantitative estimate of drug-likeness (QED) is 0.719. The molecule has 1 atom stereocenters. The molecule has 11 heteroatoms. The van der Waals surface area contributed by atoms with E-state index in [-0.39, 0.29) is 24.5 Å². The molecular weight excluding hydrogens is 390 g/mol.